The predicted octanol–water partition coefficient (Wildman–Crippen LogP) is 2.85. The number of unbranched alkanes of at least 4 members (excludes halogenated alkanes) is 7. The van der Waals surface area contributed by atoms with Gasteiger partial charge in [-0.05, 0) is 19.9 Å². The Morgan fingerprint density at radius 3 is 2.06 bits per heavy atom. The molecule has 0 saturated carbocycles. The molecular weight excluding hydrogens is 212 g/mol. The fraction of sp³-hybridized carbons (Fsp3) is 0.929. The molecular formula is C14H30N2O. The second-order valence-corrected chi connectivity index (χ2v) is 4.76. The van der Waals surface area contributed by atoms with E-state index in [4.69, 9.17) is 0 Å². The van der Waals surface area contributed by atoms with E-state index in [1.165, 1.54) is 51.4 Å². The second kappa shape index (κ2) is 11.9. The van der Waals surface area contributed by atoms with Crippen LogP contribution in [0, 0.1) is 0 Å². The van der Waals surface area contributed by atoms with Crippen molar-refractivity contribution in [1.29, 1.82) is 0 Å². The van der Waals surface area contributed by atoms with Crippen molar-refractivity contribution in [3.05, 3.63) is 0 Å². The van der Waals surface area contributed by atoms with Gasteiger partial charge in [0, 0.05) is 7.05 Å². The number of carbonyl (C=O) groups excluding carboxylic acids is 1. The van der Waals surface area contributed by atoms with Crippen molar-refractivity contribution in [2.75, 3.05) is 13.6 Å². The average molecular weight is 242 g/mol. The third-order valence-corrected chi connectivity index (χ3v) is 3.12. The zero-order chi connectivity index (χ0) is 12.9. The van der Waals surface area contributed by atoms with Gasteiger partial charge in [0.05, 0.1) is 6.04 Å². The molecule has 102 valence electrons. The molecule has 0 radical (unpaired) electrons. The van der Waals surface area contributed by atoms with Gasteiger partial charge in [-0.1, -0.05) is 51.9 Å². The molecule has 1 atom stereocenters. The summed E-state index contributed by atoms with van der Waals surface area (Å²) < 4.78 is 0. The number of amides is 1. The summed E-state index contributed by atoms with van der Waals surface area (Å²) in [5, 5.41) is 5.88. The minimum Gasteiger partial charge on any atom is -0.358 e. The van der Waals surface area contributed by atoms with E-state index < -0.39 is 0 Å². The first-order valence-electron chi connectivity index (χ1n) is 7.17. The van der Waals surface area contributed by atoms with Crippen molar-refractivity contribution in [2.45, 2.75) is 71.3 Å². The second-order valence-electron chi connectivity index (χ2n) is 4.76. The van der Waals surface area contributed by atoms with Crippen molar-refractivity contribution < 1.29 is 4.79 Å². The lowest BCUT2D eigenvalue weighted by Gasteiger charge is -2.11. The SMILES string of the molecule is CCCCCCCCCCNC(C)C(=O)NC. The summed E-state index contributed by atoms with van der Waals surface area (Å²) in [5.41, 5.74) is 0. The Morgan fingerprint density at radius 2 is 1.53 bits per heavy atom. The van der Waals surface area contributed by atoms with Gasteiger partial charge in [0.15, 0.2) is 0 Å². The van der Waals surface area contributed by atoms with Crippen LogP contribution >= 0.6 is 0 Å². The molecule has 0 aromatic carbocycles. The molecule has 0 aromatic rings. The van der Waals surface area contributed by atoms with E-state index in [9.17, 15) is 4.79 Å². The van der Waals surface area contributed by atoms with Crippen molar-refractivity contribution in [2.24, 2.45) is 0 Å². The van der Waals surface area contributed by atoms with Gasteiger partial charge in [0.25, 0.3) is 0 Å². The molecule has 3 heteroatoms. The number of carbonyl (C=O) groups is 1. The van der Waals surface area contributed by atoms with Crippen LogP contribution in [0.25, 0.3) is 0 Å². The van der Waals surface area contributed by atoms with Gasteiger partial charge in [-0.15, -0.1) is 0 Å². The van der Waals surface area contributed by atoms with E-state index in [0.717, 1.165) is 6.54 Å². The number of nitrogens with one attached hydrogen (secondary N) is 2. The maximum Gasteiger partial charge on any atom is 0.236 e. The summed E-state index contributed by atoms with van der Waals surface area (Å²) in [6.07, 6.45) is 10.6. The molecule has 0 aliphatic rings. The maximum absolute atomic E-state index is 11.2. The first-order valence-corrected chi connectivity index (χ1v) is 7.17. The standard InChI is InChI=1S/C14H30N2O/c1-4-5-6-7-8-9-10-11-12-16-13(2)14(17)15-3/h13,16H,4-12H2,1-3H3,(H,15,17). The highest BCUT2D eigenvalue weighted by atomic mass is 16.2. The number of hydrogen-bond donors (Lipinski definition) is 2. The van der Waals surface area contributed by atoms with Crippen LogP contribution in [0.1, 0.15) is 65.2 Å². The maximum atomic E-state index is 11.2. The van der Waals surface area contributed by atoms with Crippen LogP contribution in [-0.2, 0) is 4.79 Å². The van der Waals surface area contributed by atoms with Crippen molar-refractivity contribution in [3.8, 4) is 0 Å². The summed E-state index contributed by atoms with van der Waals surface area (Å²) in [5.74, 6) is 0.0737. The molecule has 0 aliphatic carbocycles. The molecule has 0 saturated heterocycles. The van der Waals surface area contributed by atoms with Gasteiger partial charge in [-0.2, -0.15) is 0 Å². The van der Waals surface area contributed by atoms with Crippen LogP contribution in [0.4, 0.5) is 0 Å². The largest absolute Gasteiger partial charge is 0.358 e. The van der Waals surface area contributed by atoms with Crippen LogP contribution < -0.4 is 10.6 Å². The highest BCUT2D eigenvalue weighted by Crippen LogP contribution is 2.07. The minimum absolute atomic E-state index is 0.0652. The van der Waals surface area contributed by atoms with E-state index in [1.54, 1.807) is 7.05 Å². The fourth-order valence-corrected chi connectivity index (χ4v) is 1.89. The van der Waals surface area contributed by atoms with E-state index in [2.05, 4.69) is 17.6 Å². The van der Waals surface area contributed by atoms with E-state index in [1.807, 2.05) is 6.92 Å². The zero-order valence-electron chi connectivity index (χ0n) is 11.8. The molecule has 0 heterocycles. The first-order chi connectivity index (χ1) is 8.22. The van der Waals surface area contributed by atoms with Crippen LogP contribution in [-0.4, -0.2) is 25.5 Å². The zero-order valence-corrected chi connectivity index (χ0v) is 11.8. The topological polar surface area (TPSA) is 41.1 Å². The number of hydrogen-bond acceptors (Lipinski definition) is 2. The van der Waals surface area contributed by atoms with Crippen LogP contribution in [0.5, 0.6) is 0 Å². The predicted molar refractivity (Wildman–Crippen MR) is 74.1 cm³/mol. The van der Waals surface area contributed by atoms with Crippen LogP contribution in [0.2, 0.25) is 0 Å². The highest BCUT2D eigenvalue weighted by molar-refractivity contribution is 5.80. The minimum atomic E-state index is -0.0652. The lowest BCUT2D eigenvalue weighted by molar-refractivity contribution is -0.122. The Balaban J connectivity index is 3.15. The van der Waals surface area contributed by atoms with Crippen molar-refractivity contribution >= 4 is 5.91 Å². The Kier molecular flexibility index (Phi) is 11.5. The molecule has 1 unspecified atom stereocenters. The third kappa shape index (κ3) is 10.3. The lowest BCUT2D eigenvalue weighted by atomic mass is 10.1. The number of rotatable bonds is 11. The third-order valence-electron chi connectivity index (χ3n) is 3.12. The molecule has 0 spiro atoms. The van der Waals surface area contributed by atoms with Gasteiger partial charge < -0.3 is 10.6 Å². The van der Waals surface area contributed by atoms with Crippen LogP contribution in [0.3, 0.4) is 0 Å². The summed E-state index contributed by atoms with van der Waals surface area (Å²) >= 11 is 0. The Hall–Kier alpha value is -0.570. The average Bonchev–Trinajstić information content (AvgIpc) is 2.35. The van der Waals surface area contributed by atoms with E-state index in [-0.39, 0.29) is 11.9 Å². The normalized spacial score (nSPS) is 12.4. The molecule has 0 aliphatic heterocycles. The Morgan fingerprint density at radius 1 is 1.00 bits per heavy atom. The van der Waals surface area contributed by atoms with Gasteiger partial charge in [0.2, 0.25) is 5.91 Å². The summed E-state index contributed by atoms with van der Waals surface area (Å²) in [7, 11) is 1.68. The summed E-state index contributed by atoms with van der Waals surface area (Å²) in [6, 6.07) is -0.0652. The molecule has 1 amide bonds. The molecule has 0 rings (SSSR count). The quantitative estimate of drug-likeness (QED) is 0.547. The molecule has 2 N–H and O–H groups in total. The summed E-state index contributed by atoms with van der Waals surface area (Å²) in [6.45, 7) is 5.10. The first kappa shape index (κ1) is 16.4. The van der Waals surface area contributed by atoms with Gasteiger partial charge in [-0.3, -0.25) is 4.79 Å². The smallest absolute Gasteiger partial charge is 0.236 e. The highest BCUT2D eigenvalue weighted by Gasteiger charge is 2.08. The molecule has 0 bridgehead atoms. The van der Waals surface area contributed by atoms with Gasteiger partial charge in [-0.25, -0.2) is 0 Å². The Labute approximate surface area is 107 Å². The monoisotopic (exact) mass is 242 g/mol. The molecule has 0 fully saturated rings. The Bertz CT molecular complexity index is 183. The van der Waals surface area contributed by atoms with Crippen LogP contribution in [0.15, 0.2) is 0 Å². The number of likely N-dealkylation sites (N-methyl/N-ethyl adjacent to an activating group) is 1. The molecule has 0 aromatic heterocycles. The summed E-state index contributed by atoms with van der Waals surface area (Å²) in [4.78, 5) is 11.2. The van der Waals surface area contributed by atoms with Gasteiger partial charge >= 0.3 is 0 Å². The van der Waals surface area contributed by atoms with Gasteiger partial charge in [0.1, 0.15) is 0 Å². The van der Waals surface area contributed by atoms with E-state index >= 15 is 0 Å². The molecule has 3 nitrogen and oxygen atoms in total. The van der Waals surface area contributed by atoms with Crippen molar-refractivity contribution in [3.63, 3.8) is 0 Å². The lowest BCUT2D eigenvalue weighted by Crippen LogP contribution is -2.40. The van der Waals surface area contributed by atoms with Crippen molar-refractivity contribution in [1.82, 2.24) is 10.6 Å². The fourth-order valence-electron chi connectivity index (χ4n) is 1.89. The van der Waals surface area contributed by atoms with E-state index in [0.29, 0.717) is 0 Å². The molecule has 17 heavy (non-hydrogen) atoms.